The Morgan fingerprint density at radius 1 is 1.12 bits per heavy atom. The molecule has 6 nitrogen and oxygen atoms in total. The number of carbonyl (C=O) groups is 3. The fourth-order valence-corrected chi connectivity index (χ4v) is 3.25. The van der Waals surface area contributed by atoms with Gasteiger partial charge >= 0.3 is 6.61 Å². The van der Waals surface area contributed by atoms with E-state index in [0.717, 1.165) is 0 Å². The largest absolute Gasteiger partial charge is 0.435 e. The van der Waals surface area contributed by atoms with E-state index >= 15 is 0 Å². The van der Waals surface area contributed by atoms with Crippen LogP contribution < -0.4 is 10.1 Å². The number of allylic oxidation sites excluding steroid dienone is 2. The van der Waals surface area contributed by atoms with Crippen molar-refractivity contribution in [3.8, 4) is 5.75 Å². The highest BCUT2D eigenvalue weighted by molar-refractivity contribution is 6.05. The fourth-order valence-electron chi connectivity index (χ4n) is 3.25. The second kappa shape index (κ2) is 7.63. The molecule has 8 heteroatoms. The molecule has 1 aromatic rings. The monoisotopic (exact) mass is 364 g/mol. The number of hydrogen-bond acceptors (Lipinski definition) is 4. The van der Waals surface area contributed by atoms with Gasteiger partial charge in [0.2, 0.25) is 17.7 Å². The van der Waals surface area contributed by atoms with E-state index < -0.39 is 6.61 Å². The summed E-state index contributed by atoms with van der Waals surface area (Å²) in [5.41, 5.74) is 0.411. The number of nitrogens with zero attached hydrogens (tertiary/aromatic N) is 1. The first-order valence-corrected chi connectivity index (χ1v) is 8.30. The van der Waals surface area contributed by atoms with Crippen molar-refractivity contribution in [1.82, 2.24) is 4.90 Å². The molecule has 0 spiro atoms. The summed E-state index contributed by atoms with van der Waals surface area (Å²) in [4.78, 5) is 37.8. The Balaban J connectivity index is 1.51. The molecule has 0 unspecified atom stereocenters. The Kier molecular flexibility index (Phi) is 5.29. The van der Waals surface area contributed by atoms with Gasteiger partial charge in [-0.2, -0.15) is 8.78 Å². The molecule has 3 rings (SSSR count). The van der Waals surface area contributed by atoms with Crippen molar-refractivity contribution in [3.05, 3.63) is 36.4 Å². The highest BCUT2D eigenvalue weighted by Gasteiger charge is 2.46. The smallest absolute Gasteiger partial charge is 0.387 e. The van der Waals surface area contributed by atoms with Crippen molar-refractivity contribution in [2.45, 2.75) is 25.9 Å². The van der Waals surface area contributed by atoms with E-state index in [1.807, 2.05) is 12.2 Å². The van der Waals surface area contributed by atoms with E-state index in [9.17, 15) is 23.2 Å². The molecule has 1 N–H and O–H groups in total. The summed E-state index contributed by atoms with van der Waals surface area (Å²) < 4.78 is 28.4. The molecule has 26 heavy (non-hydrogen) atoms. The number of ether oxygens (including phenoxy) is 1. The topological polar surface area (TPSA) is 75.7 Å². The number of nitrogens with one attached hydrogen (secondary N) is 1. The molecular weight excluding hydrogens is 346 g/mol. The van der Waals surface area contributed by atoms with Crippen LogP contribution in [0.15, 0.2) is 36.4 Å². The first-order chi connectivity index (χ1) is 12.5. The van der Waals surface area contributed by atoms with Gasteiger partial charge in [0.25, 0.3) is 0 Å². The minimum Gasteiger partial charge on any atom is -0.435 e. The van der Waals surface area contributed by atoms with Gasteiger partial charge in [0, 0.05) is 18.7 Å². The number of rotatable bonds is 6. The van der Waals surface area contributed by atoms with Crippen LogP contribution in [0.4, 0.5) is 14.5 Å². The minimum absolute atomic E-state index is 0.0116. The maximum Gasteiger partial charge on any atom is 0.387 e. The third kappa shape index (κ3) is 3.89. The van der Waals surface area contributed by atoms with Crippen LogP contribution in [0.3, 0.4) is 0 Å². The molecular formula is C18H18F2N2O4. The number of imide groups is 1. The van der Waals surface area contributed by atoms with Gasteiger partial charge in [0.05, 0.1) is 11.8 Å². The molecule has 0 saturated carbocycles. The molecule has 3 amide bonds. The predicted octanol–water partition coefficient (Wildman–Crippen LogP) is 2.57. The highest BCUT2D eigenvalue weighted by atomic mass is 19.3. The number of alkyl halides is 2. The number of amides is 3. The predicted molar refractivity (Wildman–Crippen MR) is 88.4 cm³/mol. The molecule has 0 aromatic heterocycles. The maximum atomic E-state index is 12.3. The van der Waals surface area contributed by atoms with E-state index in [-0.39, 0.29) is 48.3 Å². The van der Waals surface area contributed by atoms with Crippen molar-refractivity contribution in [2.75, 3.05) is 11.9 Å². The van der Waals surface area contributed by atoms with Crippen LogP contribution in [0.25, 0.3) is 0 Å². The van der Waals surface area contributed by atoms with Gasteiger partial charge in [-0.05, 0) is 37.1 Å². The van der Waals surface area contributed by atoms with Gasteiger partial charge in [-0.3, -0.25) is 19.3 Å². The third-order valence-electron chi connectivity index (χ3n) is 4.52. The van der Waals surface area contributed by atoms with Crippen LogP contribution in [0, 0.1) is 11.8 Å². The molecule has 1 aliphatic heterocycles. The fraction of sp³-hybridized carbons (Fsp3) is 0.389. The van der Waals surface area contributed by atoms with Crippen molar-refractivity contribution < 1.29 is 27.9 Å². The zero-order chi connectivity index (χ0) is 18.7. The first-order valence-electron chi connectivity index (χ1n) is 8.30. The molecule has 1 aromatic carbocycles. The Morgan fingerprint density at radius 3 is 2.23 bits per heavy atom. The van der Waals surface area contributed by atoms with E-state index in [4.69, 9.17) is 0 Å². The summed E-state index contributed by atoms with van der Waals surface area (Å²) in [6, 6.07) is 5.49. The SMILES string of the molecule is O=C(CCN1C(=O)[C@H]2CC=CC[C@@H]2C1=O)Nc1ccc(OC(F)F)cc1. The van der Waals surface area contributed by atoms with E-state index in [1.165, 1.54) is 29.2 Å². The summed E-state index contributed by atoms with van der Waals surface area (Å²) in [6.45, 7) is -2.88. The van der Waals surface area contributed by atoms with Gasteiger partial charge in [-0.25, -0.2) is 0 Å². The summed E-state index contributed by atoms with van der Waals surface area (Å²) >= 11 is 0. The third-order valence-corrected chi connectivity index (χ3v) is 4.52. The average Bonchev–Trinajstić information content (AvgIpc) is 2.86. The Bertz CT molecular complexity index is 707. The van der Waals surface area contributed by atoms with Crippen LogP contribution in [0.1, 0.15) is 19.3 Å². The molecule has 1 saturated heterocycles. The van der Waals surface area contributed by atoms with Crippen molar-refractivity contribution in [3.63, 3.8) is 0 Å². The van der Waals surface area contributed by atoms with Crippen molar-refractivity contribution in [1.29, 1.82) is 0 Å². The Morgan fingerprint density at radius 2 is 1.69 bits per heavy atom. The van der Waals surface area contributed by atoms with Gasteiger partial charge < -0.3 is 10.1 Å². The molecule has 1 aliphatic carbocycles. The number of halogens is 2. The quantitative estimate of drug-likeness (QED) is 0.622. The maximum absolute atomic E-state index is 12.3. The normalized spacial score (nSPS) is 21.9. The lowest BCUT2D eigenvalue weighted by molar-refractivity contribution is -0.140. The number of benzene rings is 1. The van der Waals surface area contributed by atoms with Gasteiger partial charge in [-0.15, -0.1) is 0 Å². The molecule has 0 bridgehead atoms. The zero-order valence-electron chi connectivity index (χ0n) is 13.9. The Hall–Kier alpha value is -2.77. The second-order valence-corrected chi connectivity index (χ2v) is 6.18. The van der Waals surface area contributed by atoms with Crippen molar-refractivity contribution in [2.24, 2.45) is 11.8 Å². The summed E-state index contributed by atoms with van der Waals surface area (Å²) in [5.74, 6) is -1.43. The zero-order valence-corrected chi connectivity index (χ0v) is 13.9. The van der Waals surface area contributed by atoms with Gasteiger partial charge in [0.15, 0.2) is 0 Å². The van der Waals surface area contributed by atoms with E-state index in [0.29, 0.717) is 18.5 Å². The van der Waals surface area contributed by atoms with Crippen molar-refractivity contribution >= 4 is 23.4 Å². The van der Waals surface area contributed by atoms with Crippen LogP contribution in [-0.2, 0) is 14.4 Å². The van der Waals surface area contributed by atoms with E-state index in [1.54, 1.807) is 0 Å². The van der Waals surface area contributed by atoms with Crippen LogP contribution in [-0.4, -0.2) is 35.8 Å². The average molecular weight is 364 g/mol. The molecule has 138 valence electrons. The molecule has 1 fully saturated rings. The molecule has 1 heterocycles. The number of likely N-dealkylation sites (tertiary alicyclic amines) is 1. The minimum atomic E-state index is -2.91. The van der Waals surface area contributed by atoms with Crippen LogP contribution in [0.2, 0.25) is 0 Å². The number of hydrogen-bond donors (Lipinski definition) is 1. The summed E-state index contributed by atoms with van der Waals surface area (Å²) in [7, 11) is 0. The molecule has 2 aliphatic rings. The second-order valence-electron chi connectivity index (χ2n) is 6.18. The molecule has 0 radical (unpaired) electrons. The first kappa shape index (κ1) is 18.0. The summed E-state index contributed by atoms with van der Waals surface area (Å²) in [5, 5.41) is 2.60. The van der Waals surface area contributed by atoms with Gasteiger partial charge in [-0.1, -0.05) is 12.2 Å². The summed E-state index contributed by atoms with van der Waals surface area (Å²) in [6.07, 6.45) is 4.91. The number of anilines is 1. The van der Waals surface area contributed by atoms with Crippen LogP contribution in [0.5, 0.6) is 5.75 Å². The van der Waals surface area contributed by atoms with Gasteiger partial charge in [0.1, 0.15) is 5.75 Å². The van der Waals surface area contributed by atoms with Crippen LogP contribution >= 0.6 is 0 Å². The lowest BCUT2D eigenvalue weighted by atomic mass is 9.85. The molecule has 2 atom stereocenters. The number of carbonyl (C=O) groups excluding carboxylic acids is 3. The standard InChI is InChI=1S/C18H18F2N2O4/c19-18(20)26-12-7-5-11(6-8-12)21-15(23)9-10-22-16(24)13-3-1-2-4-14(13)17(22)25/h1-2,5-8,13-14,18H,3-4,9-10H2,(H,21,23)/t13-,14-/m0/s1. The highest BCUT2D eigenvalue weighted by Crippen LogP contribution is 2.35. The van der Waals surface area contributed by atoms with E-state index in [2.05, 4.69) is 10.1 Å². The lowest BCUT2D eigenvalue weighted by Gasteiger charge is -2.14. The number of fused-ring (bicyclic) bond motifs is 1. The lowest BCUT2D eigenvalue weighted by Crippen LogP contribution is -2.34. The Labute approximate surface area is 148 Å².